The molecule has 1 atom stereocenters. The molecule has 0 amide bonds. The predicted octanol–water partition coefficient (Wildman–Crippen LogP) is 5.77. The van der Waals surface area contributed by atoms with Gasteiger partial charge < -0.3 is 10.5 Å². The zero-order valence-corrected chi connectivity index (χ0v) is 19.7. The van der Waals surface area contributed by atoms with Crippen molar-refractivity contribution < 1.29 is 9.53 Å². The summed E-state index contributed by atoms with van der Waals surface area (Å²) in [6.45, 7) is 11.8. The molecule has 0 aliphatic heterocycles. The Labute approximate surface area is 183 Å². The maximum Gasteiger partial charge on any atom is 0.150 e. The van der Waals surface area contributed by atoms with Crippen LogP contribution in [0.2, 0.25) is 0 Å². The third kappa shape index (κ3) is 7.50. The first-order chi connectivity index (χ1) is 14.2. The Hall–Kier alpha value is -2.90. The first-order valence-corrected chi connectivity index (χ1v) is 10.2. The van der Waals surface area contributed by atoms with E-state index in [1.54, 1.807) is 7.11 Å². The van der Waals surface area contributed by atoms with E-state index in [2.05, 4.69) is 41.8 Å². The number of hydrogen-bond acceptors (Lipinski definition) is 3. The smallest absolute Gasteiger partial charge is 0.150 e. The molecule has 2 N–H and O–H groups in total. The van der Waals surface area contributed by atoms with Crippen LogP contribution < -0.4 is 15.8 Å². The zero-order valence-electron chi connectivity index (χ0n) is 18.5. The van der Waals surface area contributed by atoms with E-state index in [0.717, 1.165) is 39.6 Å². The molecule has 0 bridgehead atoms. The summed E-state index contributed by atoms with van der Waals surface area (Å²) in [5.41, 5.74) is 12.6. The highest BCUT2D eigenvalue weighted by atomic mass is 31.0. The molecular weight excluding hydrogens is 389 g/mol. The van der Waals surface area contributed by atoms with Crippen molar-refractivity contribution in [3.8, 4) is 5.75 Å². The van der Waals surface area contributed by atoms with Crippen LogP contribution in [-0.2, 0) is 0 Å². The lowest BCUT2D eigenvalue weighted by Gasteiger charge is -2.13. The molecule has 0 aliphatic rings. The van der Waals surface area contributed by atoms with Crippen LogP contribution in [0.3, 0.4) is 0 Å². The summed E-state index contributed by atoms with van der Waals surface area (Å²) in [5, 5.41) is 0.968. The van der Waals surface area contributed by atoms with Crippen LogP contribution in [0.15, 0.2) is 84.1 Å². The van der Waals surface area contributed by atoms with Gasteiger partial charge in [0.15, 0.2) is 6.29 Å². The maximum absolute atomic E-state index is 10.4. The van der Waals surface area contributed by atoms with Gasteiger partial charge in [-0.15, -0.1) is 9.24 Å². The molecule has 30 heavy (non-hydrogen) atoms. The number of aryl methyl sites for hydroxylation is 1. The monoisotopic (exact) mass is 421 g/mol. The van der Waals surface area contributed by atoms with Gasteiger partial charge in [-0.25, -0.2) is 0 Å². The van der Waals surface area contributed by atoms with Crippen molar-refractivity contribution in [1.29, 1.82) is 0 Å². The van der Waals surface area contributed by atoms with E-state index < -0.39 is 0 Å². The van der Waals surface area contributed by atoms with Gasteiger partial charge in [0.05, 0.1) is 7.11 Å². The van der Waals surface area contributed by atoms with Gasteiger partial charge in [0.25, 0.3) is 0 Å². The number of benzene rings is 2. The molecule has 4 heteroatoms. The summed E-state index contributed by atoms with van der Waals surface area (Å²) in [4.78, 5) is 10.4. The SMILES string of the molecule is C=C(N)/C=C\C(=C/C)C(=C(C)C)c1cccc(OC)c1.Cc1cccc(P)c1C=O. The maximum atomic E-state index is 10.4. The van der Waals surface area contributed by atoms with Gasteiger partial charge in [-0.05, 0) is 73.5 Å². The molecule has 0 aromatic heterocycles. The van der Waals surface area contributed by atoms with Gasteiger partial charge in [0.1, 0.15) is 5.75 Å². The molecule has 2 aromatic rings. The number of methoxy groups -OCH3 is 1. The molecule has 158 valence electrons. The van der Waals surface area contributed by atoms with Gasteiger partial charge in [-0.1, -0.05) is 54.6 Å². The van der Waals surface area contributed by atoms with E-state index in [4.69, 9.17) is 10.5 Å². The number of carbonyl (C=O) groups is 1. The third-order valence-electron chi connectivity index (χ3n) is 4.41. The highest BCUT2D eigenvalue weighted by molar-refractivity contribution is 7.27. The van der Waals surface area contributed by atoms with Crippen molar-refractivity contribution in [2.45, 2.75) is 27.7 Å². The highest BCUT2D eigenvalue weighted by Gasteiger charge is 2.08. The van der Waals surface area contributed by atoms with Crippen LogP contribution in [0.1, 0.15) is 42.3 Å². The van der Waals surface area contributed by atoms with Crippen molar-refractivity contribution in [3.05, 3.63) is 101 Å². The molecule has 0 aliphatic carbocycles. The number of rotatable bonds is 6. The molecule has 2 rings (SSSR count). The second-order valence-electron chi connectivity index (χ2n) is 6.95. The number of nitrogens with two attached hydrogens (primary N) is 1. The number of carbonyl (C=O) groups excluding carboxylic acids is 1. The standard InChI is InChI=1S/C18H23NO.C8H9OP/c1-6-15(11-10-14(4)19)18(13(2)3)16-8-7-9-17(12-16)20-5;1-6-3-2-4-8(10)7(6)5-9/h6-12H,4,19H2,1-3,5H3;2-5H,10H2,1H3/b11-10-,15-6+;. The summed E-state index contributed by atoms with van der Waals surface area (Å²) < 4.78 is 5.30. The van der Waals surface area contributed by atoms with Crippen molar-refractivity contribution >= 4 is 26.4 Å². The van der Waals surface area contributed by atoms with Gasteiger partial charge in [-0.2, -0.15) is 0 Å². The largest absolute Gasteiger partial charge is 0.497 e. The molecule has 3 nitrogen and oxygen atoms in total. The first kappa shape index (κ1) is 25.1. The Morgan fingerprint density at radius 2 is 1.80 bits per heavy atom. The van der Waals surface area contributed by atoms with Crippen LogP contribution in [0.5, 0.6) is 5.75 Å². The van der Waals surface area contributed by atoms with E-state index >= 15 is 0 Å². The molecule has 0 saturated heterocycles. The predicted molar refractivity (Wildman–Crippen MR) is 133 cm³/mol. The van der Waals surface area contributed by atoms with Crippen molar-refractivity contribution in [2.75, 3.05) is 7.11 Å². The number of ether oxygens (including phenoxy) is 1. The molecule has 1 unspecified atom stereocenters. The summed E-state index contributed by atoms with van der Waals surface area (Å²) >= 11 is 0. The summed E-state index contributed by atoms with van der Waals surface area (Å²) in [7, 11) is 4.21. The number of allylic oxidation sites excluding steroid dienone is 6. The van der Waals surface area contributed by atoms with Crippen LogP contribution >= 0.6 is 9.24 Å². The fourth-order valence-electron chi connectivity index (χ4n) is 2.91. The molecule has 0 saturated carbocycles. The van der Waals surface area contributed by atoms with E-state index in [1.807, 2.05) is 62.4 Å². The van der Waals surface area contributed by atoms with Crippen LogP contribution in [0.4, 0.5) is 0 Å². The molecule has 0 spiro atoms. The van der Waals surface area contributed by atoms with Crippen LogP contribution in [-0.4, -0.2) is 13.4 Å². The topological polar surface area (TPSA) is 52.3 Å². The van der Waals surface area contributed by atoms with E-state index in [9.17, 15) is 4.79 Å². The highest BCUT2D eigenvalue weighted by Crippen LogP contribution is 2.30. The summed E-state index contributed by atoms with van der Waals surface area (Å²) in [5.74, 6) is 0.851. The zero-order chi connectivity index (χ0) is 22.7. The Morgan fingerprint density at radius 3 is 2.27 bits per heavy atom. The fourth-order valence-corrected chi connectivity index (χ4v) is 3.31. The molecule has 0 radical (unpaired) electrons. The lowest BCUT2D eigenvalue weighted by Crippen LogP contribution is -2.01. The minimum Gasteiger partial charge on any atom is -0.497 e. The second kappa shape index (κ2) is 12.6. The van der Waals surface area contributed by atoms with Gasteiger partial charge >= 0.3 is 0 Å². The van der Waals surface area contributed by atoms with E-state index in [0.29, 0.717) is 5.70 Å². The normalized spacial score (nSPS) is 10.8. The number of hydrogen-bond donors (Lipinski definition) is 1. The van der Waals surface area contributed by atoms with Gasteiger partial charge in [-0.3, -0.25) is 4.79 Å². The average molecular weight is 422 g/mol. The third-order valence-corrected chi connectivity index (χ3v) is 4.91. The van der Waals surface area contributed by atoms with Crippen LogP contribution in [0.25, 0.3) is 5.57 Å². The Bertz CT molecular complexity index is 960. The lowest BCUT2D eigenvalue weighted by molar-refractivity contribution is 0.112. The van der Waals surface area contributed by atoms with Gasteiger partial charge in [0.2, 0.25) is 0 Å². The quantitative estimate of drug-likeness (QED) is 0.366. The summed E-state index contributed by atoms with van der Waals surface area (Å²) in [6.07, 6.45) is 6.77. The Kier molecular flexibility index (Phi) is 10.6. The van der Waals surface area contributed by atoms with E-state index in [1.165, 1.54) is 11.1 Å². The van der Waals surface area contributed by atoms with Crippen molar-refractivity contribution in [1.82, 2.24) is 0 Å². The van der Waals surface area contributed by atoms with Gasteiger partial charge in [0, 0.05) is 11.3 Å². The fraction of sp³-hybridized carbons (Fsp3) is 0.192. The Balaban J connectivity index is 0.000000375. The average Bonchev–Trinajstić information content (AvgIpc) is 2.71. The van der Waals surface area contributed by atoms with Crippen molar-refractivity contribution in [2.24, 2.45) is 5.73 Å². The minimum atomic E-state index is 0.545. The summed E-state index contributed by atoms with van der Waals surface area (Å²) in [6, 6.07) is 13.8. The molecule has 0 fully saturated rings. The first-order valence-electron chi connectivity index (χ1n) is 9.66. The molecule has 2 aromatic carbocycles. The minimum absolute atomic E-state index is 0.545. The Morgan fingerprint density at radius 1 is 1.13 bits per heavy atom. The molecule has 0 heterocycles. The second-order valence-corrected chi connectivity index (χ2v) is 7.58. The molecular formula is C26H32NO2P. The van der Waals surface area contributed by atoms with Crippen molar-refractivity contribution in [3.63, 3.8) is 0 Å². The number of aldehydes is 1. The lowest BCUT2D eigenvalue weighted by atomic mass is 9.93. The van der Waals surface area contributed by atoms with E-state index in [-0.39, 0.29) is 0 Å². The van der Waals surface area contributed by atoms with Crippen LogP contribution in [0, 0.1) is 6.92 Å².